The van der Waals surface area contributed by atoms with E-state index in [1.54, 1.807) is 0 Å². The number of nitrogens with one attached hydrogen (secondary N) is 2. The highest BCUT2D eigenvalue weighted by molar-refractivity contribution is 5.92. The minimum absolute atomic E-state index is 0. The zero-order valence-corrected chi connectivity index (χ0v) is 14.3. The Hall–Kier alpha value is -1.01. The predicted molar refractivity (Wildman–Crippen MR) is 95.2 cm³/mol. The number of benzene rings is 1. The lowest BCUT2D eigenvalue weighted by Crippen LogP contribution is -2.28. The van der Waals surface area contributed by atoms with Gasteiger partial charge in [-0.25, -0.2) is 0 Å². The van der Waals surface area contributed by atoms with Crippen LogP contribution in [0.4, 0.5) is 11.4 Å². The molecule has 0 spiro atoms. The Balaban J connectivity index is 0.00000220. The van der Waals surface area contributed by atoms with Gasteiger partial charge in [0.15, 0.2) is 0 Å². The number of halogens is 2. The van der Waals surface area contributed by atoms with Gasteiger partial charge >= 0.3 is 0 Å². The lowest BCUT2D eigenvalue weighted by Gasteiger charge is -2.24. The molecule has 0 aromatic heterocycles. The number of hydrogen-bond acceptors (Lipinski definition) is 4. The summed E-state index contributed by atoms with van der Waals surface area (Å²) in [5.74, 6) is -0.215. The fourth-order valence-electron chi connectivity index (χ4n) is 2.10. The van der Waals surface area contributed by atoms with Gasteiger partial charge in [-0.1, -0.05) is 6.92 Å². The minimum Gasteiger partial charge on any atom is -0.382 e. The third kappa shape index (κ3) is 6.40. The maximum atomic E-state index is 11.7. The number of ether oxygens (including phenoxy) is 1. The Morgan fingerprint density at radius 3 is 2.32 bits per heavy atom. The molecule has 1 amide bonds. The van der Waals surface area contributed by atoms with Gasteiger partial charge in [-0.3, -0.25) is 4.79 Å². The first-order valence-electron chi connectivity index (χ1n) is 7.14. The topological polar surface area (TPSA) is 76.4 Å². The van der Waals surface area contributed by atoms with Crippen molar-refractivity contribution in [2.75, 3.05) is 30.4 Å². The molecule has 0 saturated carbocycles. The number of hydrogen-bond donors (Lipinski definition) is 3. The van der Waals surface area contributed by atoms with Crippen LogP contribution in [0.5, 0.6) is 0 Å². The van der Waals surface area contributed by atoms with Crippen molar-refractivity contribution in [3.8, 4) is 0 Å². The Morgan fingerprint density at radius 1 is 1.23 bits per heavy atom. The van der Waals surface area contributed by atoms with Crippen LogP contribution < -0.4 is 16.4 Å². The number of carbonyl (C=O) groups excluding carboxylic acids is 1. The average Bonchev–Trinajstić information content (AvgIpc) is 2.49. The second-order valence-corrected chi connectivity index (χ2v) is 5.23. The van der Waals surface area contributed by atoms with Gasteiger partial charge in [0, 0.05) is 43.1 Å². The number of carbonyl (C=O) groups is 1. The van der Waals surface area contributed by atoms with Crippen LogP contribution in [0, 0.1) is 5.92 Å². The molecular weight excluding hydrogens is 325 g/mol. The zero-order chi connectivity index (χ0) is 14.4. The SMILES string of the molecule is CC(CN)C(=O)Nc1ccc(NC2CCOCC2)cc1.Cl.Cl. The van der Waals surface area contributed by atoms with Crippen molar-refractivity contribution in [1.82, 2.24) is 0 Å². The molecule has 1 fully saturated rings. The fraction of sp³-hybridized carbons (Fsp3) is 0.533. The Morgan fingerprint density at radius 2 is 1.77 bits per heavy atom. The summed E-state index contributed by atoms with van der Waals surface area (Å²) in [5.41, 5.74) is 7.34. The van der Waals surface area contributed by atoms with E-state index in [0.717, 1.165) is 37.4 Å². The molecule has 4 N–H and O–H groups in total. The Labute approximate surface area is 144 Å². The second kappa shape index (κ2) is 10.7. The van der Waals surface area contributed by atoms with Crippen molar-refractivity contribution >= 4 is 42.1 Å². The molecule has 2 rings (SSSR count). The predicted octanol–water partition coefficient (Wildman–Crippen LogP) is 2.65. The molecule has 7 heteroatoms. The van der Waals surface area contributed by atoms with Crippen LogP contribution in [-0.4, -0.2) is 31.7 Å². The molecule has 1 unspecified atom stereocenters. The van der Waals surface area contributed by atoms with E-state index in [0.29, 0.717) is 12.6 Å². The molecule has 1 heterocycles. The number of amides is 1. The first-order chi connectivity index (χ1) is 9.69. The molecule has 1 aliphatic rings. The van der Waals surface area contributed by atoms with Crippen LogP contribution in [0.1, 0.15) is 19.8 Å². The minimum atomic E-state index is -0.171. The van der Waals surface area contributed by atoms with Gasteiger partial charge in [0.1, 0.15) is 0 Å². The van der Waals surface area contributed by atoms with E-state index in [-0.39, 0.29) is 36.6 Å². The molecule has 1 aromatic carbocycles. The van der Waals surface area contributed by atoms with Crippen molar-refractivity contribution in [3.05, 3.63) is 24.3 Å². The molecule has 0 radical (unpaired) electrons. The Bertz CT molecular complexity index is 437. The fourth-order valence-corrected chi connectivity index (χ4v) is 2.10. The van der Waals surface area contributed by atoms with Crippen molar-refractivity contribution in [2.24, 2.45) is 11.7 Å². The van der Waals surface area contributed by atoms with Crippen LogP contribution in [0.2, 0.25) is 0 Å². The van der Waals surface area contributed by atoms with Crippen molar-refractivity contribution < 1.29 is 9.53 Å². The molecule has 0 bridgehead atoms. The summed E-state index contributed by atoms with van der Waals surface area (Å²) in [7, 11) is 0. The summed E-state index contributed by atoms with van der Waals surface area (Å²) in [5, 5.41) is 6.34. The lowest BCUT2D eigenvalue weighted by atomic mass is 10.1. The number of rotatable bonds is 5. The highest BCUT2D eigenvalue weighted by Gasteiger charge is 2.13. The van der Waals surface area contributed by atoms with E-state index in [1.807, 2.05) is 31.2 Å². The smallest absolute Gasteiger partial charge is 0.228 e. The molecule has 22 heavy (non-hydrogen) atoms. The molecule has 5 nitrogen and oxygen atoms in total. The van der Waals surface area contributed by atoms with Crippen molar-refractivity contribution in [3.63, 3.8) is 0 Å². The molecular formula is C15H25Cl2N3O2. The third-order valence-electron chi connectivity index (χ3n) is 3.55. The first-order valence-corrected chi connectivity index (χ1v) is 7.14. The quantitative estimate of drug-likeness (QED) is 0.763. The highest BCUT2D eigenvalue weighted by atomic mass is 35.5. The van der Waals surface area contributed by atoms with Gasteiger partial charge in [-0.15, -0.1) is 24.8 Å². The molecule has 1 atom stereocenters. The first kappa shape index (κ1) is 21.0. The second-order valence-electron chi connectivity index (χ2n) is 5.23. The normalized spacial score (nSPS) is 15.9. The molecule has 126 valence electrons. The number of anilines is 2. The maximum absolute atomic E-state index is 11.7. The zero-order valence-electron chi connectivity index (χ0n) is 12.7. The van der Waals surface area contributed by atoms with Crippen LogP contribution in [0.25, 0.3) is 0 Å². The summed E-state index contributed by atoms with van der Waals surface area (Å²) >= 11 is 0. The maximum Gasteiger partial charge on any atom is 0.228 e. The molecule has 1 saturated heterocycles. The number of nitrogens with two attached hydrogens (primary N) is 1. The van der Waals surface area contributed by atoms with E-state index in [9.17, 15) is 4.79 Å². The van der Waals surface area contributed by atoms with Crippen LogP contribution in [0.15, 0.2) is 24.3 Å². The van der Waals surface area contributed by atoms with Gasteiger partial charge < -0.3 is 21.1 Å². The van der Waals surface area contributed by atoms with Gasteiger partial charge in [-0.05, 0) is 37.1 Å². The van der Waals surface area contributed by atoms with Crippen molar-refractivity contribution in [1.29, 1.82) is 0 Å². The van der Waals surface area contributed by atoms with Crippen LogP contribution in [0.3, 0.4) is 0 Å². The summed E-state index contributed by atoms with van der Waals surface area (Å²) < 4.78 is 5.34. The van der Waals surface area contributed by atoms with E-state index >= 15 is 0 Å². The van der Waals surface area contributed by atoms with Gasteiger partial charge in [-0.2, -0.15) is 0 Å². The molecule has 1 aliphatic heterocycles. The van der Waals surface area contributed by atoms with E-state index in [1.165, 1.54) is 0 Å². The lowest BCUT2D eigenvalue weighted by molar-refractivity contribution is -0.119. The van der Waals surface area contributed by atoms with Gasteiger partial charge in [0.05, 0.1) is 0 Å². The molecule has 1 aromatic rings. The van der Waals surface area contributed by atoms with Gasteiger partial charge in [0.25, 0.3) is 0 Å². The average molecular weight is 350 g/mol. The molecule has 0 aliphatic carbocycles. The summed E-state index contributed by atoms with van der Waals surface area (Å²) in [6.07, 6.45) is 2.07. The third-order valence-corrected chi connectivity index (χ3v) is 3.55. The summed E-state index contributed by atoms with van der Waals surface area (Å²) in [4.78, 5) is 11.7. The standard InChI is InChI=1S/C15H23N3O2.2ClH/c1-11(10-16)15(19)18-13-4-2-12(3-5-13)17-14-6-8-20-9-7-14;;/h2-5,11,14,17H,6-10,16H2,1H3,(H,18,19);2*1H. The van der Waals surface area contributed by atoms with E-state index in [2.05, 4.69) is 10.6 Å². The Kier molecular flexibility index (Phi) is 10.2. The summed E-state index contributed by atoms with van der Waals surface area (Å²) in [6, 6.07) is 8.25. The van der Waals surface area contributed by atoms with Gasteiger partial charge in [0.2, 0.25) is 5.91 Å². The van der Waals surface area contributed by atoms with Crippen molar-refractivity contribution in [2.45, 2.75) is 25.8 Å². The summed E-state index contributed by atoms with van der Waals surface area (Å²) in [6.45, 7) is 3.82. The highest BCUT2D eigenvalue weighted by Crippen LogP contribution is 2.18. The van der Waals surface area contributed by atoms with E-state index < -0.39 is 0 Å². The largest absolute Gasteiger partial charge is 0.382 e. The van der Waals surface area contributed by atoms with Crippen LogP contribution >= 0.6 is 24.8 Å². The van der Waals surface area contributed by atoms with Crippen LogP contribution in [-0.2, 0) is 9.53 Å². The monoisotopic (exact) mass is 349 g/mol. The van der Waals surface area contributed by atoms with E-state index in [4.69, 9.17) is 10.5 Å².